The third-order valence-corrected chi connectivity index (χ3v) is 2.28. The lowest BCUT2D eigenvalue weighted by molar-refractivity contribution is 0.711. The molecule has 0 bridgehead atoms. The molecule has 0 aliphatic carbocycles. The maximum atomic E-state index is 4.54. The zero-order valence-electron chi connectivity index (χ0n) is 8.89. The van der Waals surface area contributed by atoms with Gasteiger partial charge in [0.1, 0.15) is 0 Å². The Morgan fingerprint density at radius 3 is 2.31 bits per heavy atom. The molecule has 0 amide bonds. The van der Waals surface area contributed by atoms with Crippen molar-refractivity contribution >= 4 is 12.6 Å². The lowest BCUT2D eigenvalue weighted by Gasteiger charge is -2.18. The topological polar surface area (TPSA) is 0 Å². The Morgan fingerprint density at radius 2 is 1.85 bits per heavy atom. The fourth-order valence-corrected chi connectivity index (χ4v) is 1.68. The first-order chi connectivity index (χ1) is 5.88. The van der Waals surface area contributed by atoms with Crippen LogP contribution in [0.3, 0.4) is 0 Å². The van der Waals surface area contributed by atoms with Gasteiger partial charge in [-0.2, -0.15) is 12.6 Å². The molecule has 0 saturated carbocycles. The number of hydrogen-bond acceptors (Lipinski definition) is 1. The van der Waals surface area contributed by atoms with E-state index in [2.05, 4.69) is 58.5 Å². The molecular formula is C12H18S. The molecule has 1 aromatic carbocycles. The largest absolute Gasteiger partial charge is 0.173 e. The first-order valence-corrected chi connectivity index (χ1v) is 5.12. The summed E-state index contributed by atoms with van der Waals surface area (Å²) in [5, 5.41) is 0. The average Bonchev–Trinajstić information content (AvgIpc) is 1.93. The van der Waals surface area contributed by atoms with E-state index in [-0.39, 0.29) is 4.75 Å². The van der Waals surface area contributed by atoms with Gasteiger partial charge in [0.2, 0.25) is 0 Å². The standard InChI is InChI=1S/C12H18S/c1-9-5-6-11(10(2)7-9)8-12(3,4)13/h5-7,13H,8H2,1-4H3. The molecule has 0 unspecified atom stereocenters. The third kappa shape index (κ3) is 3.43. The van der Waals surface area contributed by atoms with Crippen LogP contribution in [-0.2, 0) is 6.42 Å². The van der Waals surface area contributed by atoms with Crippen LogP contribution in [0, 0.1) is 13.8 Å². The Morgan fingerprint density at radius 1 is 1.23 bits per heavy atom. The van der Waals surface area contributed by atoms with E-state index in [9.17, 15) is 0 Å². The van der Waals surface area contributed by atoms with E-state index in [1.165, 1.54) is 16.7 Å². The van der Waals surface area contributed by atoms with E-state index in [4.69, 9.17) is 0 Å². The molecule has 0 spiro atoms. The molecule has 0 aliphatic heterocycles. The summed E-state index contributed by atoms with van der Waals surface area (Å²) in [5.41, 5.74) is 4.12. The predicted octanol–water partition coefficient (Wildman–Crippen LogP) is 3.55. The van der Waals surface area contributed by atoms with Crippen LogP contribution in [0.5, 0.6) is 0 Å². The van der Waals surface area contributed by atoms with Crippen LogP contribution in [0.4, 0.5) is 0 Å². The van der Waals surface area contributed by atoms with Gasteiger partial charge < -0.3 is 0 Å². The second-order valence-corrected chi connectivity index (χ2v) is 5.63. The summed E-state index contributed by atoms with van der Waals surface area (Å²) < 4.78 is 0.0834. The number of thiol groups is 1. The number of rotatable bonds is 2. The Hall–Kier alpha value is -0.430. The van der Waals surface area contributed by atoms with Crippen LogP contribution < -0.4 is 0 Å². The zero-order chi connectivity index (χ0) is 10.1. The molecule has 0 heterocycles. The van der Waals surface area contributed by atoms with Crippen molar-refractivity contribution in [2.24, 2.45) is 0 Å². The summed E-state index contributed by atoms with van der Waals surface area (Å²) in [5.74, 6) is 0. The molecule has 0 aliphatic rings. The second kappa shape index (κ2) is 3.75. The normalized spacial score (nSPS) is 11.8. The first-order valence-electron chi connectivity index (χ1n) is 4.67. The molecule has 13 heavy (non-hydrogen) atoms. The minimum Gasteiger partial charge on any atom is -0.173 e. The van der Waals surface area contributed by atoms with Crippen LogP contribution in [0.2, 0.25) is 0 Å². The Bertz CT molecular complexity index is 294. The van der Waals surface area contributed by atoms with Gasteiger partial charge in [0.25, 0.3) is 0 Å². The lowest BCUT2D eigenvalue weighted by atomic mass is 9.97. The van der Waals surface area contributed by atoms with E-state index in [0.29, 0.717) is 0 Å². The summed E-state index contributed by atoms with van der Waals surface area (Å²) in [6.45, 7) is 8.59. The molecule has 1 aromatic rings. The van der Waals surface area contributed by atoms with E-state index in [1.807, 2.05) is 0 Å². The molecule has 72 valence electrons. The molecular weight excluding hydrogens is 176 g/mol. The Kier molecular flexibility index (Phi) is 3.07. The van der Waals surface area contributed by atoms with Crippen molar-refractivity contribution in [3.05, 3.63) is 34.9 Å². The van der Waals surface area contributed by atoms with Crippen molar-refractivity contribution in [3.63, 3.8) is 0 Å². The van der Waals surface area contributed by atoms with Crippen LogP contribution in [-0.4, -0.2) is 4.75 Å². The highest BCUT2D eigenvalue weighted by Gasteiger charge is 2.13. The van der Waals surface area contributed by atoms with Crippen molar-refractivity contribution in [2.75, 3.05) is 0 Å². The summed E-state index contributed by atoms with van der Waals surface area (Å²) >= 11 is 4.54. The third-order valence-electron chi connectivity index (χ3n) is 2.12. The highest BCUT2D eigenvalue weighted by atomic mass is 32.1. The fraction of sp³-hybridized carbons (Fsp3) is 0.500. The fourth-order valence-electron chi connectivity index (χ4n) is 1.51. The minimum atomic E-state index is 0.0834. The van der Waals surface area contributed by atoms with Crippen molar-refractivity contribution in [1.29, 1.82) is 0 Å². The molecule has 0 saturated heterocycles. The van der Waals surface area contributed by atoms with Gasteiger partial charge in [0, 0.05) is 4.75 Å². The van der Waals surface area contributed by atoms with E-state index in [0.717, 1.165) is 6.42 Å². The predicted molar refractivity (Wildman–Crippen MR) is 62.7 cm³/mol. The van der Waals surface area contributed by atoms with Gasteiger partial charge >= 0.3 is 0 Å². The summed E-state index contributed by atoms with van der Waals surface area (Å²) in [4.78, 5) is 0. The van der Waals surface area contributed by atoms with Gasteiger partial charge in [0.05, 0.1) is 0 Å². The van der Waals surface area contributed by atoms with Gasteiger partial charge in [-0.15, -0.1) is 0 Å². The number of benzene rings is 1. The smallest absolute Gasteiger partial charge is 0.0114 e. The van der Waals surface area contributed by atoms with Crippen molar-refractivity contribution < 1.29 is 0 Å². The SMILES string of the molecule is Cc1ccc(CC(C)(C)S)c(C)c1. The lowest BCUT2D eigenvalue weighted by Crippen LogP contribution is -2.14. The van der Waals surface area contributed by atoms with Crippen LogP contribution in [0.1, 0.15) is 30.5 Å². The Labute approximate surface area is 86.8 Å². The van der Waals surface area contributed by atoms with Crippen molar-refractivity contribution in [3.8, 4) is 0 Å². The molecule has 0 fully saturated rings. The van der Waals surface area contributed by atoms with Crippen molar-refractivity contribution in [1.82, 2.24) is 0 Å². The van der Waals surface area contributed by atoms with Gasteiger partial charge in [-0.3, -0.25) is 0 Å². The van der Waals surface area contributed by atoms with E-state index < -0.39 is 0 Å². The molecule has 1 heteroatoms. The quantitative estimate of drug-likeness (QED) is 0.684. The molecule has 0 atom stereocenters. The van der Waals surface area contributed by atoms with Gasteiger partial charge in [-0.25, -0.2) is 0 Å². The van der Waals surface area contributed by atoms with Gasteiger partial charge in [-0.1, -0.05) is 37.6 Å². The molecule has 0 aromatic heterocycles. The minimum absolute atomic E-state index is 0.0834. The monoisotopic (exact) mass is 194 g/mol. The van der Waals surface area contributed by atoms with E-state index >= 15 is 0 Å². The second-order valence-electron chi connectivity index (χ2n) is 4.42. The van der Waals surface area contributed by atoms with Crippen LogP contribution in [0.25, 0.3) is 0 Å². The molecule has 0 N–H and O–H groups in total. The van der Waals surface area contributed by atoms with Crippen molar-refractivity contribution in [2.45, 2.75) is 38.9 Å². The summed E-state index contributed by atoms with van der Waals surface area (Å²) in [6.07, 6.45) is 1.03. The van der Waals surface area contributed by atoms with Crippen LogP contribution >= 0.6 is 12.6 Å². The first kappa shape index (κ1) is 10.6. The van der Waals surface area contributed by atoms with Gasteiger partial charge in [0.15, 0.2) is 0 Å². The van der Waals surface area contributed by atoms with Gasteiger partial charge in [-0.05, 0) is 31.4 Å². The molecule has 0 nitrogen and oxygen atoms in total. The summed E-state index contributed by atoms with van der Waals surface area (Å²) in [6, 6.07) is 6.61. The maximum Gasteiger partial charge on any atom is 0.0114 e. The number of hydrogen-bond donors (Lipinski definition) is 1. The molecule has 0 radical (unpaired) electrons. The maximum absolute atomic E-state index is 4.54. The van der Waals surface area contributed by atoms with Crippen LogP contribution in [0.15, 0.2) is 18.2 Å². The number of aryl methyl sites for hydroxylation is 2. The zero-order valence-corrected chi connectivity index (χ0v) is 9.78. The summed E-state index contributed by atoms with van der Waals surface area (Å²) in [7, 11) is 0. The highest BCUT2D eigenvalue weighted by molar-refractivity contribution is 7.81. The average molecular weight is 194 g/mol. The van der Waals surface area contributed by atoms with E-state index in [1.54, 1.807) is 0 Å². The Balaban J connectivity index is 2.90. The highest BCUT2D eigenvalue weighted by Crippen LogP contribution is 2.21. The molecule has 1 rings (SSSR count).